The largest absolute Gasteiger partial charge is 0.508 e. The maximum Gasteiger partial charge on any atom is 0.308 e. The summed E-state index contributed by atoms with van der Waals surface area (Å²) in [6, 6.07) is 4.41. The van der Waals surface area contributed by atoms with Crippen LogP contribution in [-0.2, 0) is 4.79 Å². The number of phenolic OH excluding ortho intramolecular Hbond substituents is 1. The molecule has 0 heterocycles. The lowest BCUT2D eigenvalue weighted by molar-refractivity contribution is -0.140. The molecule has 1 amide bonds. The van der Waals surface area contributed by atoms with E-state index in [1.54, 1.807) is 6.92 Å². The lowest BCUT2D eigenvalue weighted by Gasteiger charge is -2.10. The van der Waals surface area contributed by atoms with Crippen LogP contribution in [0.15, 0.2) is 18.2 Å². The van der Waals surface area contributed by atoms with E-state index in [0.717, 1.165) is 0 Å². The number of phenols is 1. The molecule has 0 aliphatic carbocycles. The summed E-state index contributed by atoms with van der Waals surface area (Å²) in [4.78, 5) is 22.3. The Hall–Kier alpha value is -2.04. The first kappa shape index (κ1) is 13.0. The van der Waals surface area contributed by atoms with Crippen LogP contribution in [0.25, 0.3) is 0 Å². The summed E-state index contributed by atoms with van der Waals surface area (Å²) in [6.45, 7) is 3.30. The molecule has 1 aromatic carbocycles. The fraction of sp³-hybridized carbons (Fsp3) is 0.333. The van der Waals surface area contributed by atoms with Gasteiger partial charge in [-0.25, -0.2) is 0 Å². The van der Waals surface area contributed by atoms with E-state index < -0.39 is 11.9 Å². The highest BCUT2D eigenvalue weighted by atomic mass is 16.4. The highest BCUT2D eigenvalue weighted by Crippen LogP contribution is 2.15. The Bertz CT molecular complexity index is 442. The molecule has 0 bridgehead atoms. The third-order valence-corrected chi connectivity index (χ3v) is 2.44. The topological polar surface area (TPSA) is 86.6 Å². The van der Waals surface area contributed by atoms with Gasteiger partial charge in [0.15, 0.2) is 0 Å². The average Bonchev–Trinajstić information content (AvgIpc) is 2.25. The van der Waals surface area contributed by atoms with Crippen LogP contribution < -0.4 is 5.32 Å². The second-order valence-electron chi connectivity index (χ2n) is 3.95. The summed E-state index contributed by atoms with van der Waals surface area (Å²) in [5, 5.41) is 20.4. The lowest BCUT2D eigenvalue weighted by Crippen LogP contribution is -2.31. The minimum Gasteiger partial charge on any atom is -0.508 e. The third-order valence-electron chi connectivity index (χ3n) is 2.44. The van der Waals surface area contributed by atoms with Gasteiger partial charge in [-0.1, -0.05) is 6.92 Å². The molecule has 0 aliphatic rings. The number of carboxylic acids is 1. The van der Waals surface area contributed by atoms with Gasteiger partial charge < -0.3 is 15.5 Å². The SMILES string of the molecule is Cc1cc(O)ccc1C(=O)NCC(C)C(=O)O. The number of benzene rings is 1. The molecule has 3 N–H and O–H groups in total. The van der Waals surface area contributed by atoms with Crippen molar-refractivity contribution in [3.63, 3.8) is 0 Å². The van der Waals surface area contributed by atoms with Crippen molar-refractivity contribution in [1.82, 2.24) is 5.32 Å². The van der Waals surface area contributed by atoms with E-state index in [-0.39, 0.29) is 18.2 Å². The number of amides is 1. The van der Waals surface area contributed by atoms with Gasteiger partial charge in [-0.3, -0.25) is 9.59 Å². The molecule has 5 heteroatoms. The zero-order chi connectivity index (χ0) is 13.0. The molecule has 5 nitrogen and oxygen atoms in total. The quantitative estimate of drug-likeness (QED) is 0.733. The minimum atomic E-state index is -0.951. The Balaban J connectivity index is 2.67. The van der Waals surface area contributed by atoms with Gasteiger partial charge in [-0.15, -0.1) is 0 Å². The van der Waals surface area contributed by atoms with Crippen LogP contribution >= 0.6 is 0 Å². The number of carboxylic acid groups (broad SMARTS) is 1. The highest BCUT2D eigenvalue weighted by molar-refractivity contribution is 5.95. The van der Waals surface area contributed by atoms with Crippen LogP contribution in [-0.4, -0.2) is 28.6 Å². The molecule has 0 fully saturated rings. The van der Waals surface area contributed by atoms with Gasteiger partial charge in [0.1, 0.15) is 5.75 Å². The smallest absolute Gasteiger partial charge is 0.308 e. The second kappa shape index (κ2) is 5.34. The standard InChI is InChI=1S/C12H15NO4/c1-7-5-9(14)3-4-10(7)11(15)13-6-8(2)12(16)17/h3-5,8,14H,6H2,1-2H3,(H,13,15)(H,16,17). The first-order valence-corrected chi connectivity index (χ1v) is 5.22. The van der Waals surface area contributed by atoms with Crippen LogP contribution in [0.5, 0.6) is 5.75 Å². The highest BCUT2D eigenvalue weighted by Gasteiger charge is 2.14. The number of carbonyl (C=O) groups is 2. The van der Waals surface area contributed by atoms with Crippen molar-refractivity contribution in [2.75, 3.05) is 6.54 Å². The third kappa shape index (κ3) is 3.48. The van der Waals surface area contributed by atoms with Crippen LogP contribution in [0.3, 0.4) is 0 Å². The molecule has 1 aromatic rings. The first-order chi connectivity index (χ1) is 7.91. The van der Waals surface area contributed by atoms with Gasteiger partial charge in [0.05, 0.1) is 5.92 Å². The van der Waals surface area contributed by atoms with Crippen molar-refractivity contribution in [3.05, 3.63) is 29.3 Å². The van der Waals surface area contributed by atoms with Gasteiger partial charge in [0.2, 0.25) is 0 Å². The Kier molecular flexibility index (Phi) is 4.09. The van der Waals surface area contributed by atoms with Gasteiger partial charge in [0.25, 0.3) is 5.91 Å². The zero-order valence-corrected chi connectivity index (χ0v) is 9.73. The lowest BCUT2D eigenvalue weighted by atomic mass is 10.1. The maximum absolute atomic E-state index is 11.7. The monoisotopic (exact) mass is 237 g/mol. The molecule has 92 valence electrons. The van der Waals surface area contributed by atoms with Gasteiger partial charge >= 0.3 is 5.97 Å². The summed E-state index contributed by atoms with van der Waals surface area (Å²) >= 11 is 0. The number of nitrogens with one attached hydrogen (secondary N) is 1. The summed E-state index contributed by atoms with van der Waals surface area (Å²) < 4.78 is 0. The summed E-state index contributed by atoms with van der Waals surface area (Å²) in [7, 11) is 0. The second-order valence-corrected chi connectivity index (χ2v) is 3.95. The average molecular weight is 237 g/mol. The van der Waals surface area contributed by atoms with Crippen molar-refractivity contribution in [2.45, 2.75) is 13.8 Å². The van der Waals surface area contributed by atoms with Crippen molar-refractivity contribution in [1.29, 1.82) is 0 Å². The Morgan fingerprint density at radius 3 is 2.59 bits per heavy atom. The fourth-order valence-corrected chi connectivity index (χ4v) is 1.33. The predicted octanol–water partition coefficient (Wildman–Crippen LogP) is 1.15. The van der Waals surface area contributed by atoms with E-state index in [1.807, 2.05) is 0 Å². The Morgan fingerprint density at radius 1 is 1.41 bits per heavy atom. The Morgan fingerprint density at radius 2 is 2.06 bits per heavy atom. The van der Waals surface area contributed by atoms with Gasteiger partial charge in [-0.05, 0) is 30.7 Å². The van der Waals surface area contributed by atoms with Crippen LogP contribution in [0, 0.1) is 12.8 Å². The molecule has 1 rings (SSSR count). The normalized spacial score (nSPS) is 11.9. The molecule has 0 saturated carbocycles. The molecule has 0 aromatic heterocycles. The number of rotatable bonds is 4. The molecule has 1 atom stereocenters. The molecular formula is C12H15NO4. The molecule has 1 unspecified atom stereocenters. The van der Waals surface area contributed by atoms with Crippen LogP contribution in [0.4, 0.5) is 0 Å². The van der Waals surface area contributed by atoms with Gasteiger partial charge in [-0.2, -0.15) is 0 Å². The molecule has 0 spiro atoms. The first-order valence-electron chi connectivity index (χ1n) is 5.22. The zero-order valence-electron chi connectivity index (χ0n) is 9.73. The van der Waals surface area contributed by atoms with Crippen molar-refractivity contribution >= 4 is 11.9 Å². The van der Waals surface area contributed by atoms with Crippen molar-refractivity contribution in [3.8, 4) is 5.75 Å². The Labute approximate surface area is 99.1 Å². The van der Waals surface area contributed by atoms with Crippen molar-refractivity contribution in [2.24, 2.45) is 5.92 Å². The van der Waals surface area contributed by atoms with E-state index in [1.165, 1.54) is 25.1 Å². The summed E-state index contributed by atoms with van der Waals surface area (Å²) in [5.41, 5.74) is 1.07. The fourth-order valence-electron chi connectivity index (χ4n) is 1.33. The van der Waals surface area contributed by atoms with Crippen molar-refractivity contribution < 1.29 is 19.8 Å². The molecule has 0 saturated heterocycles. The van der Waals surface area contributed by atoms with Crippen LogP contribution in [0.1, 0.15) is 22.8 Å². The maximum atomic E-state index is 11.7. The predicted molar refractivity (Wildman–Crippen MR) is 62.0 cm³/mol. The van der Waals surface area contributed by atoms with E-state index in [2.05, 4.69) is 5.32 Å². The van der Waals surface area contributed by atoms with E-state index in [9.17, 15) is 14.7 Å². The number of hydrogen-bond donors (Lipinski definition) is 3. The molecule has 17 heavy (non-hydrogen) atoms. The molecular weight excluding hydrogens is 222 g/mol. The number of aromatic hydroxyl groups is 1. The van der Waals surface area contributed by atoms with E-state index >= 15 is 0 Å². The van der Waals surface area contributed by atoms with Crippen LogP contribution in [0.2, 0.25) is 0 Å². The molecule has 0 aliphatic heterocycles. The molecule has 0 radical (unpaired) electrons. The minimum absolute atomic E-state index is 0.0779. The number of carbonyl (C=O) groups excluding carboxylic acids is 1. The van der Waals surface area contributed by atoms with Gasteiger partial charge in [0, 0.05) is 12.1 Å². The number of hydrogen-bond acceptors (Lipinski definition) is 3. The summed E-state index contributed by atoms with van der Waals surface area (Å²) in [5.74, 6) is -1.82. The van der Waals surface area contributed by atoms with E-state index in [0.29, 0.717) is 11.1 Å². The van der Waals surface area contributed by atoms with E-state index in [4.69, 9.17) is 5.11 Å². The summed E-state index contributed by atoms with van der Waals surface area (Å²) in [6.07, 6.45) is 0. The number of aliphatic carboxylic acids is 1. The number of aryl methyl sites for hydroxylation is 1.